The highest BCUT2D eigenvalue weighted by atomic mass is 19.3. The molecule has 0 bridgehead atoms. The molecule has 0 aromatic heterocycles. The van der Waals surface area contributed by atoms with E-state index in [0.717, 1.165) is 0 Å². The molecule has 9 heteroatoms. The number of rotatable bonds is 7. The van der Waals surface area contributed by atoms with Gasteiger partial charge in [-0.05, 0) is 30.7 Å². The van der Waals surface area contributed by atoms with Crippen LogP contribution in [0, 0.1) is 10.1 Å². The average Bonchev–Trinajstić information content (AvgIpc) is 2.61. The Labute approximate surface area is 147 Å². The molecule has 7 nitrogen and oxygen atoms in total. The van der Waals surface area contributed by atoms with Gasteiger partial charge in [0, 0.05) is 12.1 Å². The summed E-state index contributed by atoms with van der Waals surface area (Å²) in [6.07, 6.45) is -0.759. The van der Waals surface area contributed by atoms with Crippen molar-refractivity contribution in [2.24, 2.45) is 0 Å². The fourth-order valence-corrected chi connectivity index (χ4v) is 2.18. The van der Waals surface area contributed by atoms with Crippen LogP contribution in [0.15, 0.2) is 42.5 Å². The molecule has 2 aromatic rings. The van der Waals surface area contributed by atoms with E-state index < -0.39 is 23.6 Å². The topological polar surface area (TPSA) is 87.9 Å². The van der Waals surface area contributed by atoms with Gasteiger partial charge in [0.1, 0.15) is 6.10 Å². The molecule has 1 atom stereocenters. The Morgan fingerprint density at radius 2 is 1.88 bits per heavy atom. The lowest BCUT2D eigenvalue weighted by Gasteiger charge is -2.15. The number of methoxy groups -OCH3 is 1. The van der Waals surface area contributed by atoms with E-state index in [1.165, 1.54) is 43.5 Å². The first-order chi connectivity index (χ1) is 12.3. The monoisotopic (exact) mass is 367 g/mol. The predicted octanol–water partition coefficient (Wildman–Crippen LogP) is 4.12. The fraction of sp³-hybridized carbons (Fsp3) is 0.235. The molecule has 0 heterocycles. The van der Waals surface area contributed by atoms with Gasteiger partial charge in [0.25, 0.3) is 5.69 Å². The average molecular weight is 367 g/mol. The van der Waals surface area contributed by atoms with Crippen molar-refractivity contribution in [3.63, 3.8) is 0 Å². The molecule has 0 aliphatic rings. The zero-order valence-corrected chi connectivity index (χ0v) is 13.8. The molecule has 0 amide bonds. The van der Waals surface area contributed by atoms with Gasteiger partial charge in [0.2, 0.25) is 0 Å². The second-order valence-electron chi connectivity index (χ2n) is 5.14. The first-order valence-corrected chi connectivity index (χ1v) is 7.40. The fourth-order valence-electron chi connectivity index (χ4n) is 2.18. The van der Waals surface area contributed by atoms with Crippen LogP contribution in [0.3, 0.4) is 0 Å². The number of non-ortho nitro benzene ring substituents is 1. The zero-order valence-electron chi connectivity index (χ0n) is 13.8. The normalized spacial score (nSPS) is 11.7. The first-order valence-electron chi connectivity index (χ1n) is 7.40. The lowest BCUT2D eigenvalue weighted by atomic mass is 10.1. The minimum atomic E-state index is -3.03. The van der Waals surface area contributed by atoms with Gasteiger partial charge in [-0.25, -0.2) is 4.79 Å². The van der Waals surface area contributed by atoms with Crippen LogP contribution >= 0.6 is 0 Å². The first kappa shape index (κ1) is 19.1. The molecule has 2 rings (SSSR count). The SMILES string of the molecule is COc1cc(C(=O)OC(C)c2cccc([N+](=O)[O-])c2)ccc1OC(F)F. The second-order valence-corrected chi connectivity index (χ2v) is 5.14. The molecule has 0 radical (unpaired) electrons. The van der Waals surface area contributed by atoms with Crippen LogP contribution in [0.25, 0.3) is 0 Å². The summed E-state index contributed by atoms with van der Waals surface area (Å²) in [5.41, 5.74) is 0.374. The third-order valence-electron chi connectivity index (χ3n) is 3.45. The van der Waals surface area contributed by atoms with Gasteiger partial charge < -0.3 is 14.2 Å². The van der Waals surface area contributed by atoms with E-state index in [1.54, 1.807) is 13.0 Å². The number of ether oxygens (including phenoxy) is 3. The maximum Gasteiger partial charge on any atom is 0.387 e. The number of nitrogens with zero attached hydrogens (tertiary/aromatic N) is 1. The van der Waals surface area contributed by atoms with Crippen molar-refractivity contribution in [1.29, 1.82) is 0 Å². The van der Waals surface area contributed by atoms with Crippen molar-refractivity contribution >= 4 is 11.7 Å². The van der Waals surface area contributed by atoms with E-state index in [4.69, 9.17) is 9.47 Å². The zero-order chi connectivity index (χ0) is 19.3. The van der Waals surface area contributed by atoms with Crippen LogP contribution in [0.1, 0.15) is 28.9 Å². The Morgan fingerprint density at radius 1 is 1.15 bits per heavy atom. The Bertz CT molecular complexity index is 812. The van der Waals surface area contributed by atoms with Crippen LogP contribution in [-0.4, -0.2) is 24.6 Å². The van der Waals surface area contributed by atoms with Crippen LogP contribution in [0.4, 0.5) is 14.5 Å². The predicted molar refractivity (Wildman–Crippen MR) is 86.6 cm³/mol. The second kappa shape index (κ2) is 8.24. The Morgan fingerprint density at radius 3 is 2.50 bits per heavy atom. The summed E-state index contributed by atoms with van der Waals surface area (Å²) in [6.45, 7) is -1.47. The number of benzene rings is 2. The largest absolute Gasteiger partial charge is 0.493 e. The third-order valence-corrected chi connectivity index (χ3v) is 3.45. The van der Waals surface area contributed by atoms with Gasteiger partial charge in [0.15, 0.2) is 11.5 Å². The summed E-state index contributed by atoms with van der Waals surface area (Å²) in [5, 5.41) is 10.8. The van der Waals surface area contributed by atoms with Crippen LogP contribution in [0.5, 0.6) is 11.5 Å². The van der Waals surface area contributed by atoms with Crippen molar-refractivity contribution in [3.05, 3.63) is 63.7 Å². The molecule has 1 unspecified atom stereocenters. The van der Waals surface area contributed by atoms with E-state index >= 15 is 0 Å². The number of nitro groups is 1. The maximum atomic E-state index is 12.3. The highest BCUT2D eigenvalue weighted by molar-refractivity contribution is 5.90. The van der Waals surface area contributed by atoms with Gasteiger partial charge in [-0.1, -0.05) is 12.1 Å². The maximum absolute atomic E-state index is 12.3. The van der Waals surface area contributed by atoms with E-state index in [-0.39, 0.29) is 22.7 Å². The molecule has 0 spiro atoms. The molecule has 2 aromatic carbocycles. The van der Waals surface area contributed by atoms with Crippen molar-refractivity contribution in [2.75, 3.05) is 7.11 Å². The number of carbonyl (C=O) groups is 1. The standard InChI is InChI=1S/C17H15F2NO6/c1-10(11-4-3-5-13(8-11)20(22)23)25-16(21)12-6-7-14(26-17(18)19)15(9-12)24-2/h3-10,17H,1-2H3. The molecular weight excluding hydrogens is 352 g/mol. The molecule has 0 saturated heterocycles. The minimum absolute atomic E-state index is 0.0530. The number of esters is 1. The minimum Gasteiger partial charge on any atom is -0.493 e. The van der Waals surface area contributed by atoms with E-state index in [9.17, 15) is 23.7 Å². The summed E-state index contributed by atoms with van der Waals surface area (Å²) in [4.78, 5) is 22.5. The molecule has 0 aliphatic carbocycles. The number of alkyl halides is 2. The van der Waals surface area contributed by atoms with Gasteiger partial charge >= 0.3 is 12.6 Å². The van der Waals surface area contributed by atoms with Crippen molar-refractivity contribution in [3.8, 4) is 11.5 Å². The number of hydrogen-bond acceptors (Lipinski definition) is 6. The molecule has 0 N–H and O–H groups in total. The van der Waals surface area contributed by atoms with Gasteiger partial charge in [-0.15, -0.1) is 0 Å². The smallest absolute Gasteiger partial charge is 0.387 e. The number of halogens is 2. The molecule has 0 fully saturated rings. The van der Waals surface area contributed by atoms with E-state index in [1.807, 2.05) is 0 Å². The molecular formula is C17H15F2NO6. The highest BCUT2D eigenvalue weighted by Gasteiger charge is 2.19. The summed E-state index contributed by atoms with van der Waals surface area (Å²) >= 11 is 0. The molecule has 0 aliphatic heterocycles. The van der Waals surface area contributed by atoms with E-state index in [2.05, 4.69) is 4.74 Å². The number of carbonyl (C=O) groups excluding carboxylic acids is 1. The quantitative estimate of drug-likeness (QED) is 0.415. The van der Waals surface area contributed by atoms with Gasteiger partial charge in [0.05, 0.1) is 17.6 Å². The number of hydrogen-bond donors (Lipinski definition) is 0. The van der Waals surface area contributed by atoms with Crippen LogP contribution in [0.2, 0.25) is 0 Å². The highest BCUT2D eigenvalue weighted by Crippen LogP contribution is 2.30. The van der Waals surface area contributed by atoms with Crippen molar-refractivity contribution in [1.82, 2.24) is 0 Å². The Balaban J connectivity index is 2.16. The van der Waals surface area contributed by atoms with Crippen LogP contribution in [-0.2, 0) is 4.74 Å². The molecule has 138 valence electrons. The lowest BCUT2D eigenvalue weighted by molar-refractivity contribution is -0.385. The van der Waals surface area contributed by atoms with Crippen LogP contribution < -0.4 is 9.47 Å². The van der Waals surface area contributed by atoms with Gasteiger partial charge in [-0.3, -0.25) is 10.1 Å². The summed E-state index contributed by atoms with van der Waals surface area (Å²) in [5.74, 6) is -1.01. The Kier molecular flexibility index (Phi) is 6.05. The molecule has 0 saturated carbocycles. The lowest BCUT2D eigenvalue weighted by Crippen LogP contribution is -2.10. The number of nitro benzene ring substituents is 1. The summed E-state index contributed by atoms with van der Waals surface area (Å²) in [6, 6.07) is 9.33. The summed E-state index contributed by atoms with van der Waals surface area (Å²) in [7, 11) is 1.24. The van der Waals surface area contributed by atoms with E-state index in [0.29, 0.717) is 5.56 Å². The van der Waals surface area contributed by atoms with Crippen molar-refractivity contribution in [2.45, 2.75) is 19.6 Å². The third kappa shape index (κ3) is 4.65. The van der Waals surface area contributed by atoms with Gasteiger partial charge in [-0.2, -0.15) is 8.78 Å². The van der Waals surface area contributed by atoms with Crippen molar-refractivity contribution < 1.29 is 32.7 Å². The summed E-state index contributed by atoms with van der Waals surface area (Å²) < 4.78 is 39.1. The Hall–Kier alpha value is -3.23. The molecule has 26 heavy (non-hydrogen) atoms.